The summed E-state index contributed by atoms with van der Waals surface area (Å²) < 4.78 is 50.0. The van der Waals surface area contributed by atoms with Crippen molar-refractivity contribution in [3.05, 3.63) is 41.1 Å². The van der Waals surface area contributed by atoms with Crippen LogP contribution in [0, 0.1) is 25.2 Å². The molecule has 4 heterocycles. The fourth-order valence-electron chi connectivity index (χ4n) is 6.69. The Bertz CT molecular complexity index is 1380. The van der Waals surface area contributed by atoms with Crippen molar-refractivity contribution in [2.75, 3.05) is 18.0 Å². The van der Waals surface area contributed by atoms with Crippen LogP contribution in [0.3, 0.4) is 0 Å². The number of morpholine rings is 1. The minimum atomic E-state index is -4.18. The number of anilines is 1. The number of hydrogen-bond acceptors (Lipinski definition) is 6. The van der Waals surface area contributed by atoms with Gasteiger partial charge in [-0.1, -0.05) is 0 Å². The van der Waals surface area contributed by atoms with E-state index in [9.17, 15) is 13.2 Å². The third-order valence-corrected chi connectivity index (χ3v) is 9.01. The van der Waals surface area contributed by atoms with E-state index < -0.39 is 11.6 Å². The fraction of sp³-hybridized carbons (Fsp3) is 0.630. The van der Waals surface area contributed by atoms with Crippen LogP contribution in [0.25, 0.3) is 11.0 Å². The Balaban J connectivity index is 1.26. The molecule has 0 spiro atoms. The quantitative estimate of drug-likeness (QED) is 0.454. The summed E-state index contributed by atoms with van der Waals surface area (Å²) in [4.78, 5) is 16.8. The summed E-state index contributed by atoms with van der Waals surface area (Å²) in [6.45, 7) is 7.08. The van der Waals surface area contributed by atoms with Crippen LogP contribution in [-0.4, -0.2) is 50.1 Å². The van der Waals surface area contributed by atoms with E-state index in [4.69, 9.17) is 19.7 Å². The van der Waals surface area contributed by atoms with Crippen molar-refractivity contribution >= 4 is 16.9 Å². The standard InChI is InChI=1S/C27H31F3N6O/c1-14-11-35(13-22(37-14)18-10-31-36(12-18)19-4-5-19)23-6-21-25(33-16(3)15(2)32-21)24(34-23)20-9-26(27(28,29)30)7-17(20)8-26/h6,10,12,14,17,19-20,22H,4-5,7-9,11,13H2,1-3H3/t14-,17?,20?,22-,26?/m0/s1. The van der Waals surface area contributed by atoms with Gasteiger partial charge in [0, 0.05) is 30.3 Å². The average molecular weight is 513 g/mol. The Morgan fingerprint density at radius 2 is 1.78 bits per heavy atom. The van der Waals surface area contributed by atoms with E-state index in [1.165, 1.54) is 0 Å². The smallest absolute Gasteiger partial charge is 0.367 e. The maximum absolute atomic E-state index is 13.9. The van der Waals surface area contributed by atoms with Gasteiger partial charge in [-0.25, -0.2) is 15.0 Å². The molecule has 0 N–H and O–H groups in total. The first kappa shape index (κ1) is 23.4. The van der Waals surface area contributed by atoms with Gasteiger partial charge in [-0.15, -0.1) is 0 Å². The highest BCUT2D eigenvalue weighted by Gasteiger charge is 2.69. The molecule has 8 rings (SSSR count). The van der Waals surface area contributed by atoms with Gasteiger partial charge in [0.25, 0.3) is 0 Å². The van der Waals surface area contributed by atoms with Crippen molar-refractivity contribution in [1.29, 1.82) is 0 Å². The summed E-state index contributed by atoms with van der Waals surface area (Å²) in [6, 6.07) is 2.44. The molecule has 196 valence electrons. The largest absolute Gasteiger partial charge is 0.394 e. The monoisotopic (exact) mass is 512 g/mol. The lowest BCUT2D eigenvalue weighted by atomic mass is 9.68. The maximum atomic E-state index is 13.9. The molecule has 5 aliphatic rings. The summed E-state index contributed by atoms with van der Waals surface area (Å²) in [6.07, 6.45) is 2.39. The molecule has 4 saturated carbocycles. The number of hydrogen-bond donors (Lipinski definition) is 0. The van der Waals surface area contributed by atoms with Crippen LogP contribution in [-0.2, 0) is 4.74 Å². The van der Waals surface area contributed by atoms with Crippen LogP contribution in [0.15, 0.2) is 18.5 Å². The Kier molecular flexibility index (Phi) is 4.98. The van der Waals surface area contributed by atoms with Crippen LogP contribution in [0.1, 0.15) is 79.7 Å². The van der Waals surface area contributed by atoms with Crippen molar-refractivity contribution in [3.63, 3.8) is 0 Å². The molecule has 2 bridgehead atoms. The molecule has 10 heteroatoms. The van der Waals surface area contributed by atoms with Crippen LogP contribution in [0.4, 0.5) is 19.0 Å². The van der Waals surface area contributed by atoms with Gasteiger partial charge in [0.1, 0.15) is 17.4 Å². The van der Waals surface area contributed by atoms with E-state index in [0.717, 1.165) is 35.6 Å². The maximum Gasteiger partial charge on any atom is 0.394 e. The zero-order chi connectivity index (χ0) is 25.7. The zero-order valence-corrected chi connectivity index (χ0v) is 21.3. The van der Waals surface area contributed by atoms with Crippen molar-refractivity contribution in [2.24, 2.45) is 11.3 Å². The van der Waals surface area contributed by atoms with Crippen LogP contribution in [0.5, 0.6) is 0 Å². The number of aromatic nitrogens is 5. The van der Waals surface area contributed by atoms with Crippen LogP contribution < -0.4 is 4.90 Å². The average Bonchev–Trinajstić information content (AvgIpc) is 3.25. The Labute approximate surface area is 213 Å². The lowest BCUT2D eigenvalue weighted by Gasteiger charge is -2.40. The topological polar surface area (TPSA) is 69.0 Å². The van der Waals surface area contributed by atoms with E-state index in [-0.39, 0.29) is 43.3 Å². The predicted octanol–water partition coefficient (Wildman–Crippen LogP) is 5.59. The molecule has 5 fully saturated rings. The minimum Gasteiger partial charge on any atom is -0.367 e. The molecule has 1 unspecified atom stereocenters. The van der Waals surface area contributed by atoms with Crippen LogP contribution in [0.2, 0.25) is 0 Å². The number of rotatable bonds is 4. The molecule has 7 nitrogen and oxygen atoms in total. The number of aryl methyl sites for hydroxylation is 2. The van der Waals surface area contributed by atoms with E-state index in [0.29, 0.717) is 35.9 Å². The second-order valence-electron chi connectivity index (χ2n) is 11.7. The Morgan fingerprint density at radius 1 is 1.03 bits per heavy atom. The van der Waals surface area contributed by atoms with Crippen molar-refractivity contribution < 1.29 is 17.9 Å². The van der Waals surface area contributed by atoms with Gasteiger partial charge in [0.05, 0.1) is 52.9 Å². The lowest BCUT2D eigenvalue weighted by molar-refractivity contribution is -0.244. The van der Waals surface area contributed by atoms with E-state index in [1.54, 1.807) is 0 Å². The van der Waals surface area contributed by atoms with Gasteiger partial charge in [0.2, 0.25) is 0 Å². The van der Waals surface area contributed by atoms with Crippen molar-refractivity contribution in [2.45, 2.75) is 83.2 Å². The first-order chi connectivity index (χ1) is 17.6. The predicted molar refractivity (Wildman–Crippen MR) is 131 cm³/mol. The van der Waals surface area contributed by atoms with E-state index in [1.807, 2.05) is 37.7 Å². The first-order valence-corrected chi connectivity index (χ1v) is 13.3. The number of fused-ring (bicyclic) bond motifs is 2. The van der Waals surface area contributed by atoms with Gasteiger partial charge in [0.15, 0.2) is 0 Å². The fourth-order valence-corrected chi connectivity index (χ4v) is 6.69. The van der Waals surface area contributed by atoms with Crippen molar-refractivity contribution in [3.8, 4) is 0 Å². The second kappa shape index (κ2) is 7.88. The Hall–Kier alpha value is -2.75. The number of alkyl halides is 3. The summed E-state index contributed by atoms with van der Waals surface area (Å²) in [5, 5.41) is 4.53. The molecule has 3 atom stereocenters. The van der Waals surface area contributed by atoms with Crippen molar-refractivity contribution in [1.82, 2.24) is 24.7 Å². The highest BCUT2D eigenvalue weighted by atomic mass is 19.4. The molecule has 0 amide bonds. The molecule has 37 heavy (non-hydrogen) atoms. The SMILES string of the molecule is Cc1nc2cc(N3C[C@@H](c4cnn(C5CC5)c4)O[C@@H](C)C3)nc(C3CC4(C(F)(F)F)CC3C4)c2nc1C. The molecular weight excluding hydrogens is 481 g/mol. The summed E-state index contributed by atoms with van der Waals surface area (Å²) in [5.74, 6) is 0.465. The van der Waals surface area contributed by atoms with Gasteiger partial charge in [-0.3, -0.25) is 4.68 Å². The number of halogens is 3. The number of pyridine rings is 1. The molecule has 0 radical (unpaired) electrons. The molecular formula is C27H31F3N6O. The van der Waals surface area contributed by atoms with Gasteiger partial charge in [-0.05, 0) is 58.8 Å². The Morgan fingerprint density at radius 3 is 2.49 bits per heavy atom. The molecule has 3 aromatic heterocycles. The molecule has 0 aromatic carbocycles. The van der Waals surface area contributed by atoms with Gasteiger partial charge in [-0.2, -0.15) is 18.3 Å². The normalized spacial score (nSPS) is 31.7. The van der Waals surface area contributed by atoms with E-state index >= 15 is 0 Å². The summed E-state index contributed by atoms with van der Waals surface area (Å²) in [7, 11) is 0. The van der Waals surface area contributed by atoms with E-state index in [2.05, 4.69) is 16.2 Å². The number of nitrogens with zero attached hydrogens (tertiary/aromatic N) is 6. The zero-order valence-electron chi connectivity index (χ0n) is 21.3. The molecule has 4 aliphatic carbocycles. The van der Waals surface area contributed by atoms with Gasteiger partial charge >= 0.3 is 6.18 Å². The summed E-state index contributed by atoms with van der Waals surface area (Å²) in [5.41, 5.74) is 3.09. The third kappa shape index (κ3) is 3.73. The number of ether oxygens (including phenoxy) is 1. The highest BCUT2D eigenvalue weighted by molar-refractivity contribution is 5.81. The minimum absolute atomic E-state index is 0.0133. The lowest BCUT2D eigenvalue weighted by Crippen LogP contribution is -2.43. The molecule has 1 saturated heterocycles. The molecule has 3 aromatic rings. The van der Waals surface area contributed by atoms with Crippen LogP contribution >= 0.6 is 0 Å². The first-order valence-electron chi connectivity index (χ1n) is 13.3. The second-order valence-corrected chi connectivity index (χ2v) is 11.7. The summed E-state index contributed by atoms with van der Waals surface area (Å²) >= 11 is 0. The third-order valence-electron chi connectivity index (χ3n) is 9.01. The highest BCUT2D eigenvalue weighted by Crippen LogP contribution is 2.70. The molecule has 1 aliphatic heterocycles. The van der Waals surface area contributed by atoms with Gasteiger partial charge < -0.3 is 9.64 Å².